The number of benzene rings is 1. The summed E-state index contributed by atoms with van der Waals surface area (Å²) in [7, 11) is 0. The summed E-state index contributed by atoms with van der Waals surface area (Å²) in [6, 6.07) is 6.90. The second-order valence-corrected chi connectivity index (χ2v) is 5.19. The highest BCUT2D eigenvalue weighted by Gasteiger charge is 2.16. The van der Waals surface area contributed by atoms with Crippen molar-refractivity contribution in [1.82, 2.24) is 9.55 Å². The average molecular weight is 313 g/mol. The van der Waals surface area contributed by atoms with E-state index in [9.17, 15) is 9.59 Å². The minimum Gasteiger partial charge on any atom is -0.297 e. The summed E-state index contributed by atoms with van der Waals surface area (Å²) < 4.78 is 1.16. The molecule has 0 amide bonds. The van der Waals surface area contributed by atoms with Gasteiger partial charge in [-0.05, 0) is 12.5 Å². The lowest BCUT2D eigenvalue weighted by atomic mass is 10.1. The van der Waals surface area contributed by atoms with Crippen LogP contribution in [0.1, 0.15) is 19.8 Å². The van der Waals surface area contributed by atoms with Crippen molar-refractivity contribution in [3.63, 3.8) is 0 Å². The van der Waals surface area contributed by atoms with Gasteiger partial charge in [0.2, 0.25) is 0 Å². The molecule has 106 valence electrons. The molecule has 0 bridgehead atoms. The summed E-state index contributed by atoms with van der Waals surface area (Å²) in [5.41, 5.74) is -0.164. The highest BCUT2D eigenvalue weighted by molar-refractivity contribution is 6.35. The van der Waals surface area contributed by atoms with Gasteiger partial charge in [-0.1, -0.05) is 54.7 Å². The number of aromatic nitrogens is 2. The van der Waals surface area contributed by atoms with Crippen molar-refractivity contribution in [2.45, 2.75) is 26.3 Å². The monoisotopic (exact) mass is 312 g/mol. The molecule has 1 aromatic heterocycles. The van der Waals surface area contributed by atoms with Crippen LogP contribution in [0.2, 0.25) is 10.2 Å². The van der Waals surface area contributed by atoms with E-state index < -0.39 is 11.2 Å². The first-order valence-electron chi connectivity index (χ1n) is 6.33. The zero-order chi connectivity index (χ0) is 14.7. The zero-order valence-corrected chi connectivity index (χ0v) is 12.5. The second kappa shape index (κ2) is 6.29. The molecule has 2 aromatic rings. The van der Waals surface area contributed by atoms with E-state index in [-0.39, 0.29) is 10.7 Å². The number of hydrogen-bond donors (Lipinski definition) is 1. The summed E-state index contributed by atoms with van der Waals surface area (Å²) >= 11 is 12.1. The lowest BCUT2D eigenvalue weighted by molar-refractivity contribution is 0.584. The fourth-order valence-corrected chi connectivity index (χ4v) is 2.46. The third kappa shape index (κ3) is 2.81. The van der Waals surface area contributed by atoms with Crippen molar-refractivity contribution in [1.29, 1.82) is 0 Å². The topological polar surface area (TPSA) is 54.9 Å². The second-order valence-electron chi connectivity index (χ2n) is 4.41. The standard InChI is InChI=1S/C14H14Cl2N2O2/c1-2-3-8-18-13(19)11(12(16)17-14(18)20)9-6-4-5-7-10(9)15/h4-7H,2-3,8H2,1H3,(H,17,20). The summed E-state index contributed by atoms with van der Waals surface area (Å²) in [5.74, 6) is 0. The van der Waals surface area contributed by atoms with E-state index in [0.717, 1.165) is 17.4 Å². The van der Waals surface area contributed by atoms with Crippen molar-refractivity contribution in [2.75, 3.05) is 0 Å². The molecular weight excluding hydrogens is 299 g/mol. The average Bonchev–Trinajstić information content (AvgIpc) is 2.40. The quantitative estimate of drug-likeness (QED) is 0.881. The van der Waals surface area contributed by atoms with Crippen LogP contribution in [0.4, 0.5) is 0 Å². The number of aromatic amines is 1. The van der Waals surface area contributed by atoms with Crippen LogP contribution < -0.4 is 11.2 Å². The third-order valence-corrected chi connectivity index (χ3v) is 3.63. The van der Waals surface area contributed by atoms with Crippen molar-refractivity contribution >= 4 is 23.2 Å². The molecule has 0 saturated carbocycles. The largest absolute Gasteiger partial charge is 0.329 e. The Morgan fingerprint density at radius 1 is 1.20 bits per heavy atom. The minimum absolute atomic E-state index is 0.0147. The van der Waals surface area contributed by atoms with E-state index >= 15 is 0 Å². The first kappa shape index (κ1) is 14.9. The molecule has 0 aliphatic heterocycles. The van der Waals surface area contributed by atoms with Gasteiger partial charge in [0.15, 0.2) is 0 Å². The molecule has 0 fully saturated rings. The zero-order valence-electron chi connectivity index (χ0n) is 11.0. The van der Waals surface area contributed by atoms with Crippen LogP contribution in [0.5, 0.6) is 0 Å². The normalized spacial score (nSPS) is 10.8. The lowest BCUT2D eigenvalue weighted by Crippen LogP contribution is -2.36. The molecule has 0 aliphatic rings. The number of rotatable bonds is 4. The third-order valence-electron chi connectivity index (χ3n) is 3.02. The Hall–Kier alpha value is -1.52. The van der Waals surface area contributed by atoms with Crippen LogP contribution in [0.25, 0.3) is 11.1 Å². The van der Waals surface area contributed by atoms with E-state index in [0.29, 0.717) is 17.1 Å². The van der Waals surface area contributed by atoms with E-state index in [1.807, 2.05) is 6.92 Å². The maximum atomic E-state index is 12.5. The van der Waals surface area contributed by atoms with Gasteiger partial charge in [-0.25, -0.2) is 4.79 Å². The molecule has 1 aromatic carbocycles. The maximum Gasteiger partial charge on any atom is 0.329 e. The molecule has 0 atom stereocenters. The van der Waals surface area contributed by atoms with Gasteiger partial charge in [-0.2, -0.15) is 0 Å². The van der Waals surface area contributed by atoms with Crippen LogP contribution in [-0.2, 0) is 6.54 Å². The molecule has 0 radical (unpaired) electrons. The van der Waals surface area contributed by atoms with Gasteiger partial charge in [-0.3, -0.25) is 14.3 Å². The van der Waals surface area contributed by atoms with Gasteiger partial charge >= 0.3 is 5.69 Å². The SMILES string of the molecule is CCCCn1c(=O)[nH]c(Cl)c(-c2ccccc2Cl)c1=O. The van der Waals surface area contributed by atoms with Crippen molar-refractivity contribution in [2.24, 2.45) is 0 Å². The van der Waals surface area contributed by atoms with Crippen LogP contribution in [0, 0.1) is 0 Å². The first-order chi connectivity index (χ1) is 9.56. The Morgan fingerprint density at radius 3 is 2.55 bits per heavy atom. The highest BCUT2D eigenvalue weighted by atomic mass is 35.5. The number of unbranched alkanes of at least 4 members (excludes halogenated alkanes) is 1. The Kier molecular flexibility index (Phi) is 4.68. The maximum absolute atomic E-state index is 12.5. The number of halogens is 2. The van der Waals surface area contributed by atoms with Crippen LogP contribution in [-0.4, -0.2) is 9.55 Å². The van der Waals surface area contributed by atoms with Gasteiger partial charge in [0.05, 0.1) is 5.56 Å². The Bertz CT molecular complexity index is 735. The molecule has 0 unspecified atom stereocenters. The molecule has 0 saturated heterocycles. The molecule has 4 nitrogen and oxygen atoms in total. The van der Waals surface area contributed by atoms with Gasteiger partial charge in [0, 0.05) is 17.1 Å². The summed E-state index contributed by atoms with van der Waals surface area (Å²) in [6.07, 6.45) is 1.63. The van der Waals surface area contributed by atoms with Gasteiger partial charge in [-0.15, -0.1) is 0 Å². The van der Waals surface area contributed by atoms with E-state index in [1.54, 1.807) is 24.3 Å². The minimum atomic E-state index is -0.496. The van der Waals surface area contributed by atoms with Gasteiger partial charge < -0.3 is 0 Å². The van der Waals surface area contributed by atoms with E-state index in [1.165, 1.54) is 0 Å². The molecule has 0 aliphatic carbocycles. The summed E-state index contributed by atoms with van der Waals surface area (Å²) in [6.45, 7) is 2.35. The Labute approximate surface area is 126 Å². The van der Waals surface area contributed by atoms with Gasteiger partial charge in [0.1, 0.15) is 5.15 Å². The molecular formula is C14H14Cl2N2O2. The molecule has 6 heteroatoms. The molecule has 0 spiro atoms. The summed E-state index contributed by atoms with van der Waals surface area (Å²) in [5, 5.41) is 0.432. The number of hydrogen-bond acceptors (Lipinski definition) is 2. The lowest BCUT2D eigenvalue weighted by Gasteiger charge is -2.09. The first-order valence-corrected chi connectivity index (χ1v) is 7.09. The predicted octanol–water partition coefficient (Wildman–Crippen LogP) is 3.31. The van der Waals surface area contributed by atoms with E-state index in [2.05, 4.69) is 4.98 Å². The molecule has 2 rings (SSSR count). The highest BCUT2D eigenvalue weighted by Crippen LogP contribution is 2.28. The predicted molar refractivity (Wildman–Crippen MR) is 81.7 cm³/mol. The summed E-state index contributed by atoms with van der Waals surface area (Å²) in [4.78, 5) is 26.8. The fourth-order valence-electron chi connectivity index (χ4n) is 1.96. The fraction of sp³-hybridized carbons (Fsp3) is 0.286. The number of H-pyrrole nitrogens is 1. The number of nitrogens with zero attached hydrogens (tertiary/aromatic N) is 1. The van der Waals surface area contributed by atoms with Crippen molar-refractivity contribution < 1.29 is 0 Å². The molecule has 1 heterocycles. The van der Waals surface area contributed by atoms with Crippen molar-refractivity contribution in [3.8, 4) is 11.1 Å². The van der Waals surface area contributed by atoms with Crippen molar-refractivity contribution in [3.05, 3.63) is 55.3 Å². The Balaban J connectivity index is 2.68. The Morgan fingerprint density at radius 2 is 1.90 bits per heavy atom. The van der Waals surface area contributed by atoms with E-state index in [4.69, 9.17) is 23.2 Å². The molecule has 1 N–H and O–H groups in total. The number of nitrogens with one attached hydrogen (secondary N) is 1. The molecule has 20 heavy (non-hydrogen) atoms. The smallest absolute Gasteiger partial charge is 0.297 e. The van der Waals surface area contributed by atoms with Gasteiger partial charge in [0.25, 0.3) is 5.56 Å². The van der Waals surface area contributed by atoms with Crippen LogP contribution >= 0.6 is 23.2 Å². The van der Waals surface area contributed by atoms with Crippen LogP contribution in [0.3, 0.4) is 0 Å². The van der Waals surface area contributed by atoms with Crippen LogP contribution in [0.15, 0.2) is 33.9 Å².